The molecule has 2 heterocycles. The summed E-state index contributed by atoms with van der Waals surface area (Å²) in [6, 6.07) is 0. The van der Waals surface area contributed by atoms with E-state index in [1.165, 1.54) is 5.56 Å². The van der Waals surface area contributed by atoms with Crippen molar-refractivity contribution in [3.05, 3.63) is 28.3 Å². The Morgan fingerprint density at radius 3 is 2.59 bits per heavy atom. The van der Waals surface area contributed by atoms with E-state index in [1.54, 1.807) is 0 Å². The van der Waals surface area contributed by atoms with Crippen LogP contribution >= 0.6 is 0 Å². The lowest BCUT2D eigenvalue weighted by Gasteiger charge is -2.24. The molecule has 0 spiro atoms. The molecule has 0 saturated carbocycles. The maximum atomic E-state index is 11.6. The molecule has 1 aromatic carbocycles. The fourth-order valence-electron chi connectivity index (χ4n) is 3.85. The quantitative estimate of drug-likeness (QED) is 0.810. The minimum Gasteiger partial charge on any atom is -0.490 e. The summed E-state index contributed by atoms with van der Waals surface area (Å²) in [5.41, 5.74) is 3.98. The van der Waals surface area contributed by atoms with Gasteiger partial charge in [0, 0.05) is 29.5 Å². The summed E-state index contributed by atoms with van der Waals surface area (Å²) in [6.45, 7) is 12.3. The van der Waals surface area contributed by atoms with Gasteiger partial charge in [-0.1, -0.05) is 6.08 Å². The van der Waals surface area contributed by atoms with E-state index in [2.05, 4.69) is 20.8 Å². The van der Waals surface area contributed by atoms with Crippen LogP contribution in [0, 0.1) is 13.8 Å². The van der Waals surface area contributed by atoms with E-state index >= 15 is 0 Å². The topological polar surface area (TPSA) is 65.0 Å². The van der Waals surface area contributed by atoms with E-state index < -0.39 is 12.2 Å². The monoisotopic (exact) mass is 374 g/mol. The second-order valence-electron chi connectivity index (χ2n) is 8.49. The van der Waals surface area contributed by atoms with Crippen molar-refractivity contribution in [3.63, 3.8) is 0 Å². The lowest BCUT2D eigenvalue weighted by atomic mass is 9.92. The van der Waals surface area contributed by atoms with E-state index in [-0.39, 0.29) is 24.1 Å². The van der Waals surface area contributed by atoms with Gasteiger partial charge in [-0.2, -0.15) is 0 Å². The summed E-state index contributed by atoms with van der Waals surface area (Å²) < 4.78 is 17.7. The van der Waals surface area contributed by atoms with Crippen molar-refractivity contribution in [2.45, 2.75) is 84.7 Å². The van der Waals surface area contributed by atoms with Crippen LogP contribution in [0.5, 0.6) is 11.5 Å². The summed E-state index contributed by atoms with van der Waals surface area (Å²) in [5, 5.41) is 9.83. The first-order chi connectivity index (χ1) is 12.6. The van der Waals surface area contributed by atoms with Crippen LogP contribution in [0.1, 0.15) is 62.8 Å². The third kappa shape index (κ3) is 4.13. The Balaban J connectivity index is 2.02. The van der Waals surface area contributed by atoms with Gasteiger partial charge in [0.25, 0.3) is 0 Å². The Labute approximate surface area is 161 Å². The number of cyclic esters (lactones) is 1. The second-order valence-corrected chi connectivity index (χ2v) is 8.49. The number of fused-ring (bicyclic) bond motifs is 1. The second kappa shape index (κ2) is 7.19. The number of hydrogen-bond donors (Lipinski definition) is 1. The van der Waals surface area contributed by atoms with E-state index in [0.29, 0.717) is 6.42 Å². The van der Waals surface area contributed by atoms with Crippen LogP contribution in [0.3, 0.4) is 0 Å². The lowest BCUT2D eigenvalue weighted by Crippen LogP contribution is -2.31. The zero-order chi connectivity index (χ0) is 19.9. The van der Waals surface area contributed by atoms with Gasteiger partial charge in [-0.15, -0.1) is 0 Å². The Morgan fingerprint density at radius 1 is 1.26 bits per heavy atom. The number of ether oxygens (including phenoxy) is 3. The van der Waals surface area contributed by atoms with Gasteiger partial charge < -0.3 is 19.3 Å². The molecule has 5 nitrogen and oxygen atoms in total. The fraction of sp³-hybridized carbons (Fsp3) is 0.591. The predicted molar refractivity (Wildman–Crippen MR) is 104 cm³/mol. The molecule has 0 amide bonds. The van der Waals surface area contributed by atoms with Crippen molar-refractivity contribution in [3.8, 4) is 11.5 Å². The molecule has 148 valence electrons. The summed E-state index contributed by atoms with van der Waals surface area (Å²) in [7, 11) is 0. The Hall–Kier alpha value is -2.01. The van der Waals surface area contributed by atoms with Crippen LogP contribution in [0.4, 0.5) is 0 Å². The number of aliphatic hydroxyl groups excluding tert-OH is 1. The SMILES string of the molecule is Cc1c(C=C[C@H]2C[C@H](O)CC(=O)O2)c2c(c(C)c1OC(C)C)CC(C)(C)O2. The zero-order valence-corrected chi connectivity index (χ0v) is 17.1. The summed E-state index contributed by atoms with van der Waals surface area (Å²) in [6.07, 6.45) is 4.07. The van der Waals surface area contributed by atoms with Crippen LogP contribution in [0.2, 0.25) is 0 Å². The highest BCUT2D eigenvalue weighted by atomic mass is 16.5. The molecule has 1 aromatic rings. The van der Waals surface area contributed by atoms with Gasteiger partial charge in [-0.3, -0.25) is 4.79 Å². The van der Waals surface area contributed by atoms with Gasteiger partial charge in [-0.25, -0.2) is 0 Å². The molecule has 0 aromatic heterocycles. The van der Waals surface area contributed by atoms with Crippen LogP contribution in [0.15, 0.2) is 6.08 Å². The average Bonchev–Trinajstić information content (AvgIpc) is 2.86. The average molecular weight is 374 g/mol. The summed E-state index contributed by atoms with van der Waals surface area (Å²) >= 11 is 0. The number of benzene rings is 1. The van der Waals surface area contributed by atoms with E-state index in [0.717, 1.165) is 34.6 Å². The normalized spacial score (nSPS) is 24.1. The van der Waals surface area contributed by atoms with Crippen LogP contribution in [-0.4, -0.2) is 35.0 Å². The van der Waals surface area contributed by atoms with Gasteiger partial charge in [-0.05, 0) is 53.2 Å². The molecule has 0 unspecified atom stereocenters. The zero-order valence-electron chi connectivity index (χ0n) is 17.1. The Morgan fingerprint density at radius 2 is 1.96 bits per heavy atom. The van der Waals surface area contributed by atoms with E-state index in [9.17, 15) is 9.90 Å². The lowest BCUT2D eigenvalue weighted by molar-refractivity contribution is -0.156. The molecular weight excluding hydrogens is 344 g/mol. The predicted octanol–water partition coefficient (Wildman–Crippen LogP) is 3.88. The summed E-state index contributed by atoms with van der Waals surface area (Å²) in [5.74, 6) is 1.41. The van der Waals surface area contributed by atoms with Crippen molar-refractivity contribution >= 4 is 12.0 Å². The third-order valence-corrected chi connectivity index (χ3v) is 5.06. The number of carbonyl (C=O) groups is 1. The standard InChI is InChI=1S/C22H30O5/c1-12(2)25-20-13(3)17(8-7-16-9-15(23)10-19(24)26-16)21-18(14(20)4)11-22(5,6)27-21/h7-8,12,15-16,23H,9-11H2,1-6H3/t15-,16-/m0/s1. The van der Waals surface area contributed by atoms with Gasteiger partial charge in [0.1, 0.15) is 23.2 Å². The van der Waals surface area contributed by atoms with Crippen LogP contribution in [-0.2, 0) is 16.0 Å². The molecule has 2 atom stereocenters. The molecule has 27 heavy (non-hydrogen) atoms. The first kappa shape index (κ1) is 19.7. The van der Waals surface area contributed by atoms with Crippen molar-refractivity contribution in [1.29, 1.82) is 0 Å². The van der Waals surface area contributed by atoms with Crippen molar-refractivity contribution in [2.24, 2.45) is 0 Å². The van der Waals surface area contributed by atoms with Crippen LogP contribution in [0.25, 0.3) is 6.08 Å². The molecule has 0 bridgehead atoms. The van der Waals surface area contributed by atoms with Gasteiger partial charge in [0.2, 0.25) is 0 Å². The first-order valence-electron chi connectivity index (χ1n) is 9.65. The largest absolute Gasteiger partial charge is 0.490 e. The number of esters is 1. The van der Waals surface area contributed by atoms with Crippen molar-refractivity contribution in [2.75, 3.05) is 0 Å². The van der Waals surface area contributed by atoms with E-state index in [4.69, 9.17) is 14.2 Å². The fourth-order valence-corrected chi connectivity index (χ4v) is 3.85. The highest BCUT2D eigenvalue weighted by Crippen LogP contribution is 2.46. The number of carbonyl (C=O) groups excluding carboxylic acids is 1. The molecule has 2 aliphatic rings. The molecular formula is C22H30O5. The van der Waals surface area contributed by atoms with Crippen molar-refractivity contribution < 1.29 is 24.1 Å². The van der Waals surface area contributed by atoms with Crippen LogP contribution < -0.4 is 9.47 Å². The van der Waals surface area contributed by atoms with Gasteiger partial charge in [0.05, 0.1) is 18.6 Å². The molecule has 2 aliphatic heterocycles. The minimum absolute atomic E-state index is 0.0625. The maximum Gasteiger partial charge on any atom is 0.309 e. The number of aliphatic hydroxyl groups is 1. The molecule has 5 heteroatoms. The van der Waals surface area contributed by atoms with Gasteiger partial charge in [0.15, 0.2) is 0 Å². The molecule has 1 saturated heterocycles. The molecule has 0 radical (unpaired) electrons. The third-order valence-electron chi connectivity index (χ3n) is 5.06. The highest BCUT2D eigenvalue weighted by Gasteiger charge is 2.35. The molecule has 3 rings (SSSR count). The Bertz CT molecular complexity index is 772. The maximum absolute atomic E-state index is 11.6. The molecule has 1 N–H and O–H groups in total. The number of hydrogen-bond acceptors (Lipinski definition) is 5. The summed E-state index contributed by atoms with van der Waals surface area (Å²) in [4.78, 5) is 11.6. The van der Waals surface area contributed by atoms with E-state index in [1.807, 2.05) is 32.9 Å². The molecule has 1 fully saturated rings. The van der Waals surface area contributed by atoms with Gasteiger partial charge >= 0.3 is 5.97 Å². The Kier molecular flexibility index (Phi) is 5.26. The number of rotatable bonds is 4. The first-order valence-corrected chi connectivity index (χ1v) is 9.65. The van der Waals surface area contributed by atoms with Crippen molar-refractivity contribution in [1.82, 2.24) is 0 Å². The highest BCUT2D eigenvalue weighted by molar-refractivity contribution is 5.73. The molecule has 0 aliphatic carbocycles. The smallest absolute Gasteiger partial charge is 0.309 e. The minimum atomic E-state index is -0.652.